The Kier molecular flexibility index (Phi) is 7.21. The Hall–Kier alpha value is -3.73. The lowest BCUT2D eigenvalue weighted by Gasteiger charge is -2.26. The molecule has 0 bridgehead atoms. The molecule has 0 aliphatic carbocycles. The third kappa shape index (κ3) is 5.11. The van der Waals surface area contributed by atoms with Crippen molar-refractivity contribution in [1.29, 1.82) is 0 Å². The molecule has 2 amide bonds. The minimum atomic E-state index is -0.568. The maximum absolute atomic E-state index is 12.5. The van der Waals surface area contributed by atoms with Gasteiger partial charge in [0.1, 0.15) is 5.00 Å². The lowest BCUT2D eigenvalue weighted by molar-refractivity contribution is -0.384. The van der Waals surface area contributed by atoms with Crippen LogP contribution in [-0.2, 0) is 27.2 Å². The van der Waals surface area contributed by atoms with Gasteiger partial charge < -0.3 is 19.7 Å². The van der Waals surface area contributed by atoms with Crippen LogP contribution in [0.1, 0.15) is 33.3 Å². The molecular weight excluding hydrogens is 438 g/mol. The summed E-state index contributed by atoms with van der Waals surface area (Å²) in [6.07, 6.45) is 2.78. The van der Waals surface area contributed by atoms with Gasteiger partial charge in [-0.15, -0.1) is 11.3 Å². The van der Waals surface area contributed by atoms with Gasteiger partial charge in [0.15, 0.2) is 0 Å². The molecular formula is C21H21N3O7S. The van der Waals surface area contributed by atoms with Crippen LogP contribution in [0, 0.1) is 10.1 Å². The molecule has 0 atom stereocenters. The molecule has 1 aromatic carbocycles. The molecule has 32 heavy (non-hydrogen) atoms. The molecule has 0 saturated carbocycles. The number of ether oxygens (including phenoxy) is 2. The minimum absolute atomic E-state index is 0.0460. The Morgan fingerprint density at radius 2 is 2.00 bits per heavy atom. The summed E-state index contributed by atoms with van der Waals surface area (Å²) in [4.78, 5) is 49.4. The predicted octanol–water partition coefficient (Wildman–Crippen LogP) is 3.61. The third-order valence-corrected chi connectivity index (χ3v) is 5.87. The van der Waals surface area contributed by atoms with Gasteiger partial charge in [-0.2, -0.15) is 0 Å². The van der Waals surface area contributed by atoms with Crippen LogP contribution in [0.25, 0.3) is 6.08 Å². The van der Waals surface area contributed by atoms with E-state index in [4.69, 9.17) is 9.47 Å². The molecule has 1 aliphatic rings. The van der Waals surface area contributed by atoms with Gasteiger partial charge in [0.25, 0.3) is 5.69 Å². The van der Waals surface area contributed by atoms with Crippen molar-refractivity contribution in [3.63, 3.8) is 0 Å². The largest absolute Gasteiger partial charge is 0.465 e. The van der Waals surface area contributed by atoms with Gasteiger partial charge in [0.05, 0.1) is 30.7 Å². The van der Waals surface area contributed by atoms with Crippen molar-refractivity contribution >= 4 is 46.1 Å². The van der Waals surface area contributed by atoms with Crippen molar-refractivity contribution in [1.82, 2.24) is 4.90 Å². The second kappa shape index (κ2) is 10.1. The normalized spacial score (nSPS) is 12.9. The highest BCUT2D eigenvalue weighted by molar-refractivity contribution is 7.17. The van der Waals surface area contributed by atoms with E-state index in [1.54, 1.807) is 11.8 Å². The number of nitrogens with one attached hydrogen (secondary N) is 1. The number of hydrogen-bond acceptors (Lipinski definition) is 8. The summed E-state index contributed by atoms with van der Waals surface area (Å²) in [5.41, 5.74) is 1.59. The lowest BCUT2D eigenvalue weighted by atomic mass is 10.0. The first-order valence-corrected chi connectivity index (χ1v) is 10.5. The first kappa shape index (κ1) is 22.9. The van der Waals surface area contributed by atoms with Crippen LogP contribution >= 0.6 is 11.3 Å². The quantitative estimate of drug-likeness (QED) is 0.302. The Morgan fingerprint density at radius 1 is 1.28 bits per heavy atom. The summed E-state index contributed by atoms with van der Waals surface area (Å²) in [7, 11) is 1.26. The van der Waals surface area contributed by atoms with Crippen LogP contribution in [-0.4, -0.2) is 48.1 Å². The number of fused-ring (bicyclic) bond motifs is 1. The van der Waals surface area contributed by atoms with Crippen molar-refractivity contribution < 1.29 is 28.8 Å². The SMILES string of the molecule is CCOC(=O)N1CCc2c(sc(NC(=O)/C=C/c3ccc([N+](=O)[O-])cc3)c2C(=O)OC)C1. The van der Waals surface area contributed by atoms with Gasteiger partial charge in [0, 0.05) is 29.6 Å². The van der Waals surface area contributed by atoms with Gasteiger partial charge >= 0.3 is 12.1 Å². The van der Waals surface area contributed by atoms with E-state index in [1.807, 2.05) is 0 Å². The van der Waals surface area contributed by atoms with Gasteiger partial charge in [-0.05, 0) is 42.7 Å². The van der Waals surface area contributed by atoms with Crippen molar-refractivity contribution in [3.05, 3.63) is 62.0 Å². The van der Waals surface area contributed by atoms with E-state index < -0.39 is 22.9 Å². The van der Waals surface area contributed by atoms with Crippen LogP contribution in [0.5, 0.6) is 0 Å². The molecule has 1 aromatic heterocycles. The topological polar surface area (TPSA) is 128 Å². The Morgan fingerprint density at radius 3 is 2.62 bits per heavy atom. The lowest BCUT2D eigenvalue weighted by Crippen LogP contribution is -2.36. The summed E-state index contributed by atoms with van der Waals surface area (Å²) in [5, 5.41) is 13.8. The molecule has 1 aliphatic heterocycles. The maximum atomic E-state index is 12.5. The number of anilines is 1. The van der Waals surface area contributed by atoms with E-state index >= 15 is 0 Å². The average molecular weight is 459 g/mol. The molecule has 0 saturated heterocycles. The van der Waals surface area contributed by atoms with Crippen LogP contribution in [0.2, 0.25) is 0 Å². The number of hydrogen-bond donors (Lipinski definition) is 1. The number of amides is 2. The average Bonchev–Trinajstić information content (AvgIpc) is 3.14. The molecule has 2 aromatic rings. The van der Waals surface area contributed by atoms with Crippen LogP contribution in [0.3, 0.4) is 0 Å². The first-order valence-electron chi connectivity index (χ1n) is 9.72. The number of non-ortho nitro benzene ring substituents is 1. The molecule has 0 unspecified atom stereocenters. The van der Waals surface area contributed by atoms with Crippen LogP contribution in [0.4, 0.5) is 15.5 Å². The van der Waals surface area contributed by atoms with E-state index in [1.165, 1.54) is 54.9 Å². The van der Waals surface area contributed by atoms with E-state index in [0.717, 1.165) is 10.4 Å². The molecule has 0 spiro atoms. The molecule has 2 heterocycles. The standard InChI is InChI=1S/C21H21N3O7S/c1-3-31-21(27)23-11-10-15-16(12-23)32-19(18(15)20(26)30-2)22-17(25)9-6-13-4-7-14(8-5-13)24(28)29/h4-9H,3,10-12H2,1-2H3,(H,22,25)/b9-6+. The maximum Gasteiger partial charge on any atom is 0.410 e. The number of carbonyl (C=O) groups is 3. The number of rotatable bonds is 6. The zero-order chi connectivity index (χ0) is 23.3. The molecule has 1 N–H and O–H groups in total. The Bertz CT molecular complexity index is 1080. The summed E-state index contributed by atoms with van der Waals surface area (Å²) in [6.45, 7) is 2.66. The number of benzene rings is 1. The zero-order valence-corrected chi connectivity index (χ0v) is 18.3. The van der Waals surface area contributed by atoms with Crippen molar-refractivity contribution in [2.24, 2.45) is 0 Å². The fourth-order valence-corrected chi connectivity index (χ4v) is 4.47. The number of nitro groups is 1. The van der Waals surface area contributed by atoms with E-state index in [0.29, 0.717) is 23.5 Å². The first-order chi connectivity index (χ1) is 15.3. The Balaban J connectivity index is 1.78. The molecule has 11 heteroatoms. The number of thiophene rings is 1. The Labute approximate surface area is 187 Å². The number of nitrogens with zero attached hydrogens (tertiary/aromatic N) is 2. The molecule has 3 rings (SSSR count). The summed E-state index contributed by atoms with van der Waals surface area (Å²) in [5.74, 6) is -1.05. The van der Waals surface area contributed by atoms with Crippen molar-refractivity contribution in [3.8, 4) is 0 Å². The van der Waals surface area contributed by atoms with E-state index in [2.05, 4.69) is 5.32 Å². The molecule has 0 fully saturated rings. The molecule has 0 radical (unpaired) electrons. The fourth-order valence-electron chi connectivity index (χ4n) is 3.21. The highest BCUT2D eigenvalue weighted by Crippen LogP contribution is 2.37. The number of nitro benzene ring substituents is 1. The van der Waals surface area contributed by atoms with Crippen molar-refractivity contribution in [2.45, 2.75) is 19.9 Å². The third-order valence-electron chi connectivity index (χ3n) is 4.74. The summed E-state index contributed by atoms with van der Waals surface area (Å²) >= 11 is 1.21. The number of methoxy groups -OCH3 is 1. The second-order valence-corrected chi connectivity index (χ2v) is 7.85. The second-order valence-electron chi connectivity index (χ2n) is 6.74. The van der Waals surface area contributed by atoms with Gasteiger partial charge in [-0.25, -0.2) is 9.59 Å². The fraction of sp³-hybridized carbons (Fsp3) is 0.286. The van der Waals surface area contributed by atoms with Crippen molar-refractivity contribution in [2.75, 3.05) is 25.6 Å². The smallest absolute Gasteiger partial charge is 0.410 e. The number of carbonyl (C=O) groups excluding carboxylic acids is 3. The molecule has 168 valence electrons. The van der Waals surface area contributed by atoms with Gasteiger partial charge in [-0.1, -0.05) is 0 Å². The zero-order valence-electron chi connectivity index (χ0n) is 17.5. The number of esters is 1. The summed E-state index contributed by atoms with van der Waals surface area (Å²) in [6, 6.07) is 5.73. The molecule has 10 nitrogen and oxygen atoms in total. The summed E-state index contributed by atoms with van der Waals surface area (Å²) < 4.78 is 9.94. The van der Waals surface area contributed by atoms with E-state index in [-0.39, 0.29) is 24.4 Å². The highest BCUT2D eigenvalue weighted by Gasteiger charge is 2.31. The highest BCUT2D eigenvalue weighted by atomic mass is 32.1. The predicted molar refractivity (Wildman–Crippen MR) is 118 cm³/mol. The monoisotopic (exact) mass is 459 g/mol. The van der Waals surface area contributed by atoms with Crippen LogP contribution in [0.15, 0.2) is 30.3 Å². The van der Waals surface area contributed by atoms with E-state index in [9.17, 15) is 24.5 Å². The van der Waals surface area contributed by atoms with Crippen LogP contribution < -0.4 is 5.32 Å². The van der Waals surface area contributed by atoms with Gasteiger partial charge in [0.2, 0.25) is 5.91 Å². The van der Waals surface area contributed by atoms with Gasteiger partial charge in [-0.3, -0.25) is 14.9 Å². The minimum Gasteiger partial charge on any atom is -0.465 e.